The van der Waals surface area contributed by atoms with Gasteiger partial charge in [-0.25, -0.2) is 4.79 Å². The van der Waals surface area contributed by atoms with Crippen molar-refractivity contribution in [2.75, 3.05) is 5.75 Å². The number of unbranched alkanes of at least 4 members (excludes halogenated alkanes) is 1. The fourth-order valence-electron chi connectivity index (χ4n) is 0.940. The van der Waals surface area contributed by atoms with Crippen molar-refractivity contribution >= 4 is 22.1 Å². The average Bonchev–Trinajstić information content (AvgIpc) is 2.07. The molecule has 0 aromatic rings. The summed E-state index contributed by atoms with van der Waals surface area (Å²) in [7, 11) is -4.06. The Hall–Kier alpha value is -1.41. The fourth-order valence-corrected chi connectivity index (χ4v) is 1.47. The molecule has 92 valence electrons. The molecule has 0 saturated carbocycles. The highest BCUT2D eigenvalue weighted by atomic mass is 32.2. The van der Waals surface area contributed by atoms with Gasteiger partial charge in [-0.2, -0.15) is 8.42 Å². The van der Waals surface area contributed by atoms with Crippen LogP contribution in [0.2, 0.25) is 0 Å². The number of hydrogen-bond acceptors (Lipinski definition) is 4. The number of hydrogen-bond donors (Lipinski definition) is 3. The van der Waals surface area contributed by atoms with Crippen molar-refractivity contribution in [3.05, 3.63) is 11.6 Å². The summed E-state index contributed by atoms with van der Waals surface area (Å²) in [6.07, 6.45) is 0.632. The van der Waals surface area contributed by atoms with Gasteiger partial charge in [0.25, 0.3) is 10.1 Å². The van der Waals surface area contributed by atoms with Crippen LogP contribution in [-0.2, 0) is 19.7 Å². The van der Waals surface area contributed by atoms with Crippen molar-refractivity contribution in [1.82, 2.24) is 0 Å². The molecule has 0 saturated heterocycles. The van der Waals surface area contributed by atoms with E-state index in [1.165, 1.54) is 0 Å². The molecule has 7 nitrogen and oxygen atoms in total. The van der Waals surface area contributed by atoms with Gasteiger partial charge >= 0.3 is 11.9 Å². The molecule has 0 radical (unpaired) electrons. The first-order chi connectivity index (χ1) is 7.22. The van der Waals surface area contributed by atoms with E-state index in [9.17, 15) is 18.0 Å². The monoisotopic (exact) mass is 252 g/mol. The standard InChI is InChI=1S/C8H12O7S/c9-7(10)5-6(8(11)12)3-1-2-4-16(13,14)15/h3H,1-2,4-5H2,(H,9,10)(H,11,12)(H,13,14,15). The van der Waals surface area contributed by atoms with Crippen LogP contribution in [0.4, 0.5) is 0 Å². The van der Waals surface area contributed by atoms with Gasteiger partial charge in [-0.1, -0.05) is 6.08 Å². The van der Waals surface area contributed by atoms with Gasteiger partial charge < -0.3 is 10.2 Å². The molecule has 0 aromatic heterocycles. The van der Waals surface area contributed by atoms with E-state index in [4.69, 9.17) is 14.8 Å². The predicted octanol–water partition coefficient (Wildman–Crippen LogP) is 0.140. The van der Waals surface area contributed by atoms with Crippen molar-refractivity contribution in [1.29, 1.82) is 0 Å². The van der Waals surface area contributed by atoms with Crippen molar-refractivity contribution in [3.63, 3.8) is 0 Å². The zero-order valence-electron chi connectivity index (χ0n) is 8.29. The molecule has 0 aliphatic rings. The quantitative estimate of drug-likeness (QED) is 0.334. The molecule has 0 unspecified atom stereocenters. The first-order valence-electron chi connectivity index (χ1n) is 4.31. The van der Waals surface area contributed by atoms with E-state index < -0.39 is 34.2 Å². The Morgan fingerprint density at radius 2 is 1.75 bits per heavy atom. The maximum absolute atomic E-state index is 10.5. The molecule has 0 bridgehead atoms. The number of allylic oxidation sites excluding steroid dienone is 1. The van der Waals surface area contributed by atoms with Crippen LogP contribution < -0.4 is 0 Å². The molecule has 0 amide bonds. The van der Waals surface area contributed by atoms with Crippen LogP contribution in [0.25, 0.3) is 0 Å². The Bertz CT molecular complexity index is 393. The Labute approximate surface area is 92.1 Å². The van der Waals surface area contributed by atoms with Crippen molar-refractivity contribution in [2.45, 2.75) is 19.3 Å². The molecule has 16 heavy (non-hydrogen) atoms. The van der Waals surface area contributed by atoms with Gasteiger partial charge in [0, 0.05) is 5.57 Å². The van der Waals surface area contributed by atoms with Gasteiger partial charge in [-0.3, -0.25) is 9.35 Å². The van der Waals surface area contributed by atoms with E-state index in [1.54, 1.807) is 0 Å². The van der Waals surface area contributed by atoms with Crippen LogP contribution >= 0.6 is 0 Å². The lowest BCUT2D eigenvalue weighted by atomic mass is 10.1. The number of carboxylic acid groups (broad SMARTS) is 2. The SMILES string of the molecule is O=C(O)CC(=CCCCS(=O)(=O)O)C(=O)O. The summed E-state index contributed by atoms with van der Waals surface area (Å²) < 4.78 is 29.0. The normalized spacial score (nSPS) is 12.4. The second-order valence-corrected chi connectivity index (χ2v) is 4.61. The molecule has 0 heterocycles. The topological polar surface area (TPSA) is 129 Å². The van der Waals surface area contributed by atoms with Crippen LogP contribution in [0.15, 0.2) is 11.6 Å². The third kappa shape index (κ3) is 7.94. The maximum atomic E-state index is 10.5. The first kappa shape index (κ1) is 14.6. The summed E-state index contributed by atoms with van der Waals surface area (Å²) >= 11 is 0. The fraction of sp³-hybridized carbons (Fsp3) is 0.500. The summed E-state index contributed by atoms with van der Waals surface area (Å²) in [6.45, 7) is 0. The van der Waals surface area contributed by atoms with Gasteiger partial charge in [-0.05, 0) is 12.8 Å². The number of carbonyl (C=O) groups is 2. The van der Waals surface area contributed by atoms with Crippen molar-refractivity contribution < 1.29 is 32.8 Å². The van der Waals surface area contributed by atoms with Crippen LogP contribution in [0.1, 0.15) is 19.3 Å². The van der Waals surface area contributed by atoms with Crippen LogP contribution in [0.3, 0.4) is 0 Å². The molecule has 8 heteroatoms. The second kappa shape index (κ2) is 6.23. The lowest BCUT2D eigenvalue weighted by Gasteiger charge is -1.98. The minimum Gasteiger partial charge on any atom is -0.481 e. The van der Waals surface area contributed by atoms with Crippen LogP contribution in [0.5, 0.6) is 0 Å². The van der Waals surface area contributed by atoms with E-state index >= 15 is 0 Å². The Morgan fingerprint density at radius 3 is 2.12 bits per heavy atom. The maximum Gasteiger partial charge on any atom is 0.331 e. The largest absolute Gasteiger partial charge is 0.481 e. The highest BCUT2D eigenvalue weighted by Gasteiger charge is 2.11. The van der Waals surface area contributed by atoms with Gasteiger partial charge in [0.1, 0.15) is 0 Å². The van der Waals surface area contributed by atoms with Gasteiger partial charge in [0.2, 0.25) is 0 Å². The Kier molecular flexibility index (Phi) is 5.68. The van der Waals surface area contributed by atoms with E-state index in [-0.39, 0.29) is 18.4 Å². The number of carboxylic acids is 2. The molecule has 0 aromatic carbocycles. The summed E-state index contributed by atoms with van der Waals surface area (Å²) in [5.41, 5.74) is -0.303. The number of aliphatic carboxylic acids is 2. The third-order valence-corrected chi connectivity index (χ3v) is 2.42. The lowest BCUT2D eigenvalue weighted by Crippen LogP contribution is -2.07. The molecule has 0 atom stereocenters. The minimum atomic E-state index is -4.06. The molecule has 0 aliphatic heterocycles. The molecule has 0 aliphatic carbocycles. The first-order valence-corrected chi connectivity index (χ1v) is 5.92. The average molecular weight is 252 g/mol. The third-order valence-electron chi connectivity index (χ3n) is 1.61. The van der Waals surface area contributed by atoms with Crippen molar-refractivity contribution in [3.8, 4) is 0 Å². The van der Waals surface area contributed by atoms with E-state index in [2.05, 4.69) is 0 Å². The molecule has 0 spiro atoms. The van der Waals surface area contributed by atoms with Crippen molar-refractivity contribution in [2.24, 2.45) is 0 Å². The van der Waals surface area contributed by atoms with Gasteiger partial charge in [-0.15, -0.1) is 0 Å². The predicted molar refractivity (Wildman–Crippen MR) is 53.6 cm³/mol. The molecule has 3 N–H and O–H groups in total. The van der Waals surface area contributed by atoms with E-state index in [0.717, 1.165) is 6.08 Å². The summed E-state index contributed by atoms with van der Waals surface area (Å²) in [6, 6.07) is 0. The second-order valence-electron chi connectivity index (χ2n) is 3.03. The molecule has 0 fully saturated rings. The van der Waals surface area contributed by atoms with Gasteiger partial charge in [0.05, 0.1) is 12.2 Å². The Morgan fingerprint density at radius 1 is 1.19 bits per heavy atom. The summed E-state index contributed by atoms with van der Waals surface area (Å²) in [5, 5.41) is 17.0. The highest BCUT2D eigenvalue weighted by Crippen LogP contribution is 2.05. The van der Waals surface area contributed by atoms with E-state index in [0.29, 0.717) is 0 Å². The molecular weight excluding hydrogens is 240 g/mol. The highest BCUT2D eigenvalue weighted by molar-refractivity contribution is 7.85. The zero-order chi connectivity index (χ0) is 12.8. The van der Waals surface area contributed by atoms with E-state index in [1.807, 2.05) is 0 Å². The molecular formula is C8H12O7S. The lowest BCUT2D eigenvalue weighted by molar-refractivity contribution is -0.139. The Balaban J connectivity index is 4.26. The van der Waals surface area contributed by atoms with Crippen LogP contribution in [0, 0.1) is 0 Å². The van der Waals surface area contributed by atoms with Gasteiger partial charge in [0.15, 0.2) is 0 Å². The van der Waals surface area contributed by atoms with Crippen LogP contribution in [-0.4, -0.2) is 40.9 Å². The zero-order valence-corrected chi connectivity index (χ0v) is 9.11. The summed E-state index contributed by atoms with van der Waals surface area (Å²) in [4.78, 5) is 20.8. The minimum absolute atomic E-state index is 0.0369. The smallest absolute Gasteiger partial charge is 0.331 e. The molecule has 0 rings (SSSR count). The number of rotatable bonds is 7. The summed E-state index contributed by atoms with van der Waals surface area (Å²) in [5.74, 6) is -3.11.